The number of amides is 1. The van der Waals surface area contributed by atoms with Crippen molar-refractivity contribution in [1.29, 1.82) is 0 Å². The summed E-state index contributed by atoms with van der Waals surface area (Å²) in [4.78, 5) is 14.2. The van der Waals surface area contributed by atoms with Crippen LogP contribution in [0.15, 0.2) is 42.5 Å². The van der Waals surface area contributed by atoms with Gasteiger partial charge in [-0.1, -0.05) is 36.2 Å². The second-order valence-electron chi connectivity index (χ2n) is 5.54. The minimum atomic E-state index is -0.175. The number of anilines is 1. The number of halogens is 2. The van der Waals surface area contributed by atoms with Crippen molar-refractivity contribution in [2.45, 2.75) is 6.92 Å². The van der Waals surface area contributed by atoms with Gasteiger partial charge in [0.15, 0.2) is 0 Å². The molecule has 2 aromatic carbocycles. The second kappa shape index (κ2) is 10.3. The molecule has 0 aliphatic rings. The van der Waals surface area contributed by atoms with Crippen LogP contribution < -0.4 is 14.8 Å². The number of ether oxygens (including phenoxy) is 2. The quantitative estimate of drug-likeness (QED) is 0.684. The van der Waals surface area contributed by atoms with Crippen LogP contribution in [0.2, 0.25) is 10.0 Å². The van der Waals surface area contributed by atoms with E-state index < -0.39 is 0 Å². The van der Waals surface area contributed by atoms with Gasteiger partial charge in [0.25, 0.3) is 0 Å². The monoisotopic (exact) mass is 396 g/mol. The summed E-state index contributed by atoms with van der Waals surface area (Å²) in [7, 11) is 1.62. The fraction of sp³-hybridized carbons (Fsp3) is 0.316. The molecule has 0 spiro atoms. The lowest BCUT2D eigenvalue weighted by atomic mass is 10.3. The highest BCUT2D eigenvalue weighted by Crippen LogP contribution is 2.29. The molecule has 0 atom stereocenters. The standard InChI is InChI=1S/C19H22Cl2N2O3/c1-3-23(11-12-26-15-9-7-14(25-2)8-10-15)13-18(24)22-19-16(20)5-4-6-17(19)21/h4-10H,3,11-13H2,1-2H3,(H,22,24). The molecule has 0 aliphatic carbocycles. The number of carbonyl (C=O) groups excluding carboxylic acids is 1. The van der Waals surface area contributed by atoms with Crippen LogP contribution in [-0.4, -0.2) is 44.2 Å². The van der Waals surface area contributed by atoms with E-state index in [1.165, 1.54) is 0 Å². The highest BCUT2D eigenvalue weighted by Gasteiger charge is 2.13. The maximum atomic E-state index is 12.3. The second-order valence-corrected chi connectivity index (χ2v) is 6.35. The minimum absolute atomic E-state index is 0.175. The van der Waals surface area contributed by atoms with Crippen LogP contribution in [0.4, 0.5) is 5.69 Å². The lowest BCUT2D eigenvalue weighted by Gasteiger charge is -2.20. The molecule has 26 heavy (non-hydrogen) atoms. The molecule has 0 radical (unpaired) electrons. The maximum absolute atomic E-state index is 12.3. The Kier molecular flexibility index (Phi) is 8.04. The van der Waals surface area contributed by atoms with Crippen molar-refractivity contribution < 1.29 is 14.3 Å². The first-order chi connectivity index (χ1) is 12.5. The molecule has 0 aliphatic heterocycles. The van der Waals surface area contributed by atoms with Gasteiger partial charge in [0.05, 0.1) is 29.4 Å². The number of hydrogen-bond acceptors (Lipinski definition) is 4. The number of rotatable bonds is 9. The zero-order chi connectivity index (χ0) is 18.9. The molecule has 0 heterocycles. The van der Waals surface area contributed by atoms with Gasteiger partial charge in [-0.2, -0.15) is 0 Å². The third kappa shape index (κ3) is 6.09. The van der Waals surface area contributed by atoms with Gasteiger partial charge in [0.1, 0.15) is 18.1 Å². The summed E-state index contributed by atoms with van der Waals surface area (Å²) in [5.41, 5.74) is 0.436. The summed E-state index contributed by atoms with van der Waals surface area (Å²) in [5.74, 6) is 1.36. The molecule has 0 fully saturated rings. The first kappa shape index (κ1) is 20.4. The average molecular weight is 397 g/mol. The van der Waals surface area contributed by atoms with Crippen molar-refractivity contribution in [3.63, 3.8) is 0 Å². The fourth-order valence-electron chi connectivity index (χ4n) is 2.31. The van der Waals surface area contributed by atoms with E-state index in [9.17, 15) is 4.79 Å². The summed E-state index contributed by atoms with van der Waals surface area (Å²) in [6.45, 7) is 4.02. The van der Waals surface area contributed by atoms with Crippen molar-refractivity contribution >= 4 is 34.8 Å². The first-order valence-corrected chi connectivity index (χ1v) is 9.02. The van der Waals surface area contributed by atoms with Crippen molar-refractivity contribution in [1.82, 2.24) is 4.90 Å². The van der Waals surface area contributed by atoms with Crippen molar-refractivity contribution in [3.05, 3.63) is 52.5 Å². The number of nitrogens with one attached hydrogen (secondary N) is 1. The highest BCUT2D eigenvalue weighted by molar-refractivity contribution is 6.39. The van der Waals surface area contributed by atoms with E-state index in [-0.39, 0.29) is 12.5 Å². The SMILES string of the molecule is CCN(CCOc1ccc(OC)cc1)CC(=O)Nc1c(Cl)cccc1Cl. The zero-order valence-corrected chi connectivity index (χ0v) is 16.3. The molecule has 0 saturated heterocycles. The molecule has 2 rings (SSSR count). The topological polar surface area (TPSA) is 50.8 Å². The summed E-state index contributed by atoms with van der Waals surface area (Å²) in [6.07, 6.45) is 0. The predicted molar refractivity (Wildman–Crippen MR) is 106 cm³/mol. The van der Waals surface area contributed by atoms with Crippen LogP contribution in [0.25, 0.3) is 0 Å². The number of para-hydroxylation sites is 1. The van der Waals surface area contributed by atoms with E-state index in [0.717, 1.165) is 18.0 Å². The summed E-state index contributed by atoms with van der Waals surface area (Å²) in [5, 5.41) is 3.59. The third-order valence-electron chi connectivity index (χ3n) is 3.78. The van der Waals surface area contributed by atoms with Crippen molar-refractivity contribution in [2.75, 3.05) is 38.7 Å². The molecule has 7 heteroatoms. The highest BCUT2D eigenvalue weighted by atomic mass is 35.5. The van der Waals surface area contributed by atoms with Crippen LogP contribution in [-0.2, 0) is 4.79 Å². The van der Waals surface area contributed by atoms with Gasteiger partial charge in [-0.3, -0.25) is 9.69 Å². The van der Waals surface area contributed by atoms with E-state index in [4.69, 9.17) is 32.7 Å². The van der Waals surface area contributed by atoms with Gasteiger partial charge >= 0.3 is 0 Å². The summed E-state index contributed by atoms with van der Waals surface area (Å²) in [6, 6.07) is 12.5. The number of carbonyl (C=O) groups is 1. The predicted octanol–water partition coefficient (Wildman–Crippen LogP) is 4.34. The number of nitrogens with zero attached hydrogens (tertiary/aromatic N) is 1. The van der Waals surface area contributed by atoms with Gasteiger partial charge < -0.3 is 14.8 Å². The molecular formula is C19H22Cl2N2O3. The molecule has 0 bridgehead atoms. The zero-order valence-electron chi connectivity index (χ0n) is 14.8. The van der Waals surface area contributed by atoms with Gasteiger partial charge in [-0.05, 0) is 42.9 Å². The molecule has 2 aromatic rings. The van der Waals surface area contributed by atoms with Crippen molar-refractivity contribution in [2.24, 2.45) is 0 Å². The number of likely N-dealkylation sites (N-methyl/N-ethyl adjacent to an activating group) is 1. The Hall–Kier alpha value is -1.95. The molecule has 0 saturated carbocycles. The third-order valence-corrected chi connectivity index (χ3v) is 4.41. The lowest BCUT2D eigenvalue weighted by Crippen LogP contribution is -2.36. The summed E-state index contributed by atoms with van der Waals surface area (Å²) < 4.78 is 10.8. The molecule has 0 aromatic heterocycles. The van der Waals surface area contributed by atoms with Gasteiger partial charge in [-0.15, -0.1) is 0 Å². The Balaban J connectivity index is 1.81. The summed E-state index contributed by atoms with van der Waals surface area (Å²) >= 11 is 12.2. The Morgan fingerprint density at radius 2 is 1.69 bits per heavy atom. The normalized spacial score (nSPS) is 10.7. The Morgan fingerprint density at radius 1 is 1.08 bits per heavy atom. The van der Waals surface area contributed by atoms with Crippen LogP contribution in [0.3, 0.4) is 0 Å². The Bertz CT molecular complexity index is 703. The molecule has 1 N–H and O–H groups in total. The number of hydrogen-bond donors (Lipinski definition) is 1. The first-order valence-electron chi connectivity index (χ1n) is 8.26. The molecule has 140 valence electrons. The lowest BCUT2D eigenvalue weighted by molar-refractivity contribution is -0.117. The van der Waals surface area contributed by atoms with E-state index in [1.54, 1.807) is 25.3 Å². The Labute approximate surface area is 163 Å². The number of benzene rings is 2. The molecule has 1 amide bonds. The molecule has 0 unspecified atom stereocenters. The van der Waals surface area contributed by atoms with Gasteiger partial charge in [0, 0.05) is 6.54 Å². The van der Waals surface area contributed by atoms with Crippen LogP contribution in [0.1, 0.15) is 6.92 Å². The smallest absolute Gasteiger partial charge is 0.238 e. The maximum Gasteiger partial charge on any atom is 0.238 e. The van der Waals surface area contributed by atoms with Gasteiger partial charge in [0.2, 0.25) is 5.91 Å². The van der Waals surface area contributed by atoms with Crippen LogP contribution >= 0.6 is 23.2 Å². The largest absolute Gasteiger partial charge is 0.497 e. The average Bonchev–Trinajstić information content (AvgIpc) is 2.64. The Morgan fingerprint density at radius 3 is 2.27 bits per heavy atom. The van der Waals surface area contributed by atoms with E-state index >= 15 is 0 Å². The molecular weight excluding hydrogens is 375 g/mol. The molecule has 5 nitrogen and oxygen atoms in total. The fourth-order valence-corrected chi connectivity index (χ4v) is 2.80. The van der Waals surface area contributed by atoms with Crippen LogP contribution in [0.5, 0.6) is 11.5 Å². The minimum Gasteiger partial charge on any atom is -0.497 e. The van der Waals surface area contributed by atoms with E-state index in [2.05, 4.69) is 5.32 Å². The van der Waals surface area contributed by atoms with Crippen LogP contribution in [0, 0.1) is 0 Å². The van der Waals surface area contributed by atoms with Gasteiger partial charge in [-0.25, -0.2) is 0 Å². The van der Waals surface area contributed by atoms with E-state index in [0.29, 0.717) is 28.9 Å². The van der Waals surface area contributed by atoms with Crippen molar-refractivity contribution in [3.8, 4) is 11.5 Å². The number of methoxy groups -OCH3 is 1. The van der Waals surface area contributed by atoms with E-state index in [1.807, 2.05) is 36.1 Å².